The Labute approximate surface area is 202 Å². The lowest BCUT2D eigenvalue weighted by molar-refractivity contribution is 0.122. The van der Waals surface area contributed by atoms with Crippen molar-refractivity contribution in [2.45, 2.75) is 115 Å². The fourth-order valence-corrected chi connectivity index (χ4v) is 23.1. The van der Waals surface area contributed by atoms with Gasteiger partial charge in [0.05, 0.1) is 0 Å². The lowest BCUT2D eigenvalue weighted by atomic mass is 9.62. The van der Waals surface area contributed by atoms with Crippen LogP contribution in [0.3, 0.4) is 0 Å². The molecular weight excluding hydrogens is 417 g/mol. The van der Waals surface area contributed by atoms with E-state index in [-0.39, 0.29) is 0 Å². The van der Waals surface area contributed by atoms with Gasteiger partial charge < -0.3 is 0 Å². The maximum absolute atomic E-state index is 2.89. The van der Waals surface area contributed by atoms with Crippen LogP contribution < -0.4 is 0 Å². The molecule has 1 aromatic carbocycles. The Kier molecular flexibility index (Phi) is 7.39. The number of benzene rings is 1. The second-order valence-electron chi connectivity index (χ2n) is 12.9. The largest absolute Gasteiger partial charge is 0.0739 e. The second-order valence-corrected chi connectivity index (χ2v) is 24.4. The van der Waals surface area contributed by atoms with Crippen LogP contribution in [-0.2, 0) is 0 Å². The van der Waals surface area contributed by atoms with E-state index in [4.69, 9.17) is 0 Å². The average molecular weight is 467 g/mol. The molecule has 2 heteroatoms. The molecule has 0 nitrogen and oxygen atoms in total. The van der Waals surface area contributed by atoms with Gasteiger partial charge in [-0.25, -0.2) is 0 Å². The van der Waals surface area contributed by atoms with E-state index in [1.807, 2.05) is 0 Å². The van der Waals surface area contributed by atoms with Gasteiger partial charge in [-0.2, -0.15) is 0 Å². The number of hydrogen-bond acceptors (Lipinski definition) is 0. The maximum atomic E-state index is 2.89. The lowest BCUT2D eigenvalue weighted by Crippen LogP contribution is -2.43. The molecule has 4 aliphatic carbocycles. The summed E-state index contributed by atoms with van der Waals surface area (Å²) in [5, 5.41) is 0. The maximum Gasteiger partial charge on any atom is 0.0288 e. The summed E-state index contributed by atoms with van der Waals surface area (Å²) in [6, 6.07) is 11.9. The molecule has 0 saturated heterocycles. The van der Waals surface area contributed by atoms with E-state index in [9.17, 15) is 0 Å². The Morgan fingerprint density at radius 1 is 0.844 bits per heavy atom. The summed E-state index contributed by atoms with van der Waals surface area (Å²) in [4.78, 5) is 0. The lowest BCUT2D eigenvalue weighted by Gasteiger charge is -2.46. The minimum Gasteiger partial charge on any atom is -0.0739 e. The van der Waals surface area contributed by atoms with Gasteiger partial charge in [-0.15, -0.1) is 0 Å². The van der Waals surface area contributed by atoms with Crippen LogP contribution in [0.4, 0.5) is 0 Å². The van der Waals surface area contributed by atoms with Crippen molar-refractivity contribution >= 4 is 16.6 Å². The fraction of sp³-hybridized carbons (Fsp3) is 0.800. The van der Waals surface area contributed by atoms with Crippen LogP contribution in [0.5, 0.6) is 0 Å². The third-order valence-electron chi connectivity index (χ3n) is 11.5. The summed E-state index contributed by atoms with van der Waals surface area (Å²) in [6.45, 7) is 10.8. The van der Waals surface area contributed by atoms with Crippen LogP contribution in [0.1, 0.15) is 96.0 Å². The quantitative estimate of drug-likeness (QED) is 0.354. The fourth-order valence-electron chi connectivity index (χ4n) is 9.92. The number of unbranched alkanes of at least 4 members (excludes halogenated alkanes) is 1. The van der Waals surface area contributed by atoms with Crippen molar-refractivity contribution in [1.29, 1.82) is 0 Å². The molecule has 11 atom stereocenters. The summed E-state index contributed by atoms with van der Waals surface area (Å²) in [6.07, 6.45) is 17.0. The summed E-state index contributed by atoms with van der Waals surface area (Å²) < 4.78 is 0. The predicted octanol–water partition coefficient (Wildman–Crippen LogP) is 8.39. The zero-order valence-corrected chi connectivity index (χ0v) is 23.8. The van der Waals surface area contributed by atoms with Crippen molar-refractivity contribution in [3.63, 3.8) is 0 Å². The minimum absolute atomic E-state index is 0.564. The first-order valence-corrected chi connectivity index (χ1v) is 20.9. The van der Waals surface area contributed by atoms with Crippen LogP contribution >= 0.6 is 0 Å². The van der Waals surface area contributed by atoms with Gasteiger partial charge in [0, 0.05) is 16.6 Å². The Morgan fingerprint density at radius 3 is 2.44 bits per heavy atom. The topological polar surface area (TPSA) is 0 Å². The molecular formula is C30H50Si2. The van der Waals surface area contributed by atoms with Crippen LogP contribution in [0.2, 0.25) is 24.2 Å². The molecule has 178 valence electrons. The van der Waals surface area contributed by atoms with E-state index < -0.39 is 16.6 Å². The molecule has 4 aliphatic rings. The van der Waals surface area contributed by atoms with Gasteiger partial charge in [0.15, 0.2) is 0 Å². The second kappa shape index (κ2) is 10.1. The molecule has 0 spiro atoms. The zero-order valence-electron chi connectivity index (χ0n) is 21.5. The monoisotopic (exact) mass is 466 g/mol. The molecule has 5 rings (SSSR count). The van der Waals surface area contributed by atoms with Crippen molar-refractivity contribution in [1.82, 2.24) is 0 Å². The molecule has 11 unspecified atom stereocenters. The van der Waals surface area contributed by atoms with Crippen LogP contribution in [-0.4, -0.2) is 16.6 Å². The van der Waals surface area contributed by atoms with Crippen molar-refractivity contribution in [3.8, 4) is 0 Å². The minimum atomic E-state index is -0.629. The summed E-state index contributed by atoms with van der Waals surface area (Å²) in [7, 11) is -1.19. The number of hydrogen-bond donors (Lipinski definition) is 0. The van der Waals surface area contributed by atoms with Crippen LogP contribution in [0.15, 0.2) is 30.3 Å². The van der Waals surface area contributed by atoms with Crippen molar-refractivity contribution < 1.29 is 0 Å². The van der Waals surface area contributed by atoms with Gasteiger partial charge in [0.25, 0.3) is 0 Å². The highest BCUT2D eigenvalue weighted by atomic mass is 29.2. The first-order chi connectivity index (χ1) is 15.6. The van der Waals surface area contributed by atoms with E-state index in [1.54, 1.807) is 44.1 Å². The molecule has 4 fully saturated rings. The van der Waals surface area contributed by atoms with E-state index in [0.717, 1.165) is 41.4 Å². The zero-order chi connectivity index (χ0) is 22.2. The molecule has 0 aliphatic heterocycles. The Hall–Kier alpha value is -0.346. The van der Waals surface area contributed by atoms with Gasteiger partial charge in [0.1, 0.15) is 0 Å². The molecule has 0 bridgehead atoms. The Balaban J connectivity index is 1.33. The van der Waals surface area contributed by atoms with Crippen LogP contribution in [0.25, 0.3) is 0 Å². The summed E-state index contributed by atoms with van der Waals surface area (Å²) >= 11 is 0. The normalized spacial score (nSPS) is 43.1. The molecule has 0 N–H and O–H groups in total. The van der Waals surface area contributed by atoms with E-state index in [2.05, 4.69) is 57.3 Å². The third-order valence-corrected chi connectivity index (χ3v) is 25.5. The van der Waals surface area contributed by atoms with Crippen molar-refractivity contribution in [3.05, 3.63) is 35.9 Å². The highest BCUT2D eigenvalue weighted by Crippen LogP contribution is 2.64. The molecule has 0 radical (unpaired) electrons. The third kappa shape index (κ3) is 4.37. The van der Waals surface area contributed by atoms with E-state index >= 15 is 0 Å². The first-order valence-electron chi connectivity index (χ1n) is 14.6. The van der Waals surface area contributed by atoms with Gasteiger partial charge >= 0.3 is 0 Å². The van der Waals surface area contributed by atoms with Crippen molar-refractivity contribution in [2.75, 3.05) is 0 Å². The number of rotatable bonds is 7. The standard InChI is InChI=1S/C30H50Si2/c1-5-6-11-22-16-17-25(19-22)31(3)32(4)30-21(2)18-27-28(30)20-24-14-10-15-26(24)29(27)23-12-8-7-9-13-23/h7-9,12-13,21-22,24-32H,5-6,10-11,14-20H2,1-4H3. The molecule has 4 saturated carbocycles. The van der Waals surface area contributed by atoms with Crippen molar-refractivity contribution in [2.24, 2.45) is 35.5 Å². The van der Waals surface area contributed by atoms with Crippen LogP contribution in [0, 0.1) is 35.5 Å². The first kappa shape index (κ1) is 23.4. The highest BCUT2D eigenvalue weighted by molar-refractivity contribution is 7.22. The number of fused-ring (bicyclic) bond motifs is 2. The molecule has 1 aromatic rings. The SMILES string of the molecule is CCCCC1CCC([SiH](C)[SiH](C)C2C(C)CC3C2CC2CCCC2C3c2ccccc2)C1. The summed E-state index contributed by atoms with van der Waals surface area (Å²) in [5.74, 6) is 7.16. The van der Waals surface area contributed by atoms with Gasteiger partial charge in [-0.3, -0.25) is 0 Å². The smallest absolute Gasteiger partial charge is 0.0288 e. The predicted molar refractivity (Wildman–Crippen MR) is 146 cm³/mol. The highest BCUT2D eigenvalue weighted by Gasteiger charge is 2.55. The van der Waals surface area contributed by atoms with Gasteiger partial charge in [-0.05, 0) is 71.8 Å². The molecule has 0 heterocycles. The van der Waals surface area contributed by atoms with E-state index in [0.29, 0.717) is 0 Å². The molecule has 32 heavy (non-hydrogen) atoms. The Morgan fingerprint density at radius 2 is 1.66 bits per heavy atom. The van der Waals surface area contributed by atoms with E-state index in [1.165, 1.54) is 43.2 Å². The molecule has 0 amide bonds. The Bertz CT molecular complexity index is 732. The average Bonchev–Trinajstić information content (AvgIpc) is 3.53. The van der Waals surface area contributed by atoms with Gasteiger partial charge in [-0.1, -0.05) is 114 Å². The molecule has 0 aromatic heterocycles. The van der Waals surface area contributed by atoms with Gasteiger partial charge in [0.2, 0.25) is 0 Å². The summed E-state index contributed by atoms with van der Waals surface area (Å²) in [5.41, 5.74) is 4.09.